The van der Waals surface area contributed by atoms with Crippen molar-refractivity contribution in [2.45, 2.75) is 58.5 Å². The van der Waals surface area contributed by atoms with Gasteiger partial charge in [0.2, 0.25) is 0 Å². The predicted molar refractivity (Wildman–Crippen MR) is 56.6 cm³/mol. The molecular formula is C12H21NO. The zero-order chi connectivity index (χ0) is 10.6. The molecule has 14 heavy (non-hydrogen) atoms. The third-order valence-electron chi connectivity index (χ3n) is 3.72. The SMILES string of the molecule is CCCC(O)C1(C#N)CCCCC1C. The standard InChI is InChI=1S/C12H21NO/c1-3-6-11(14)12(9-13)8-5-4-7-10(12)2/h10-11,14H,3-8H2,1-2H3. The van der Waals surface area contributed by atoms with Crippen molar-refractivity contribution in [2.24, 2.45) is 11.3 Å². The highest BCUT2D eigenvalue weighted by molar-refractivity contribution is 5.07. The van der Waals surface area contributed by atoms with Crippen molar-refractivity contribution >= 4 is 0 Å². The minimum atomic E-state index is -0.450. The largest absolute Gasteiger partial charge is 0.391 e. The van der Waals surface area contributed by atoms with Crippen molar-refractivity contribution in [1.29, 1.82) is 5.26 Å². The summed E-state index contributed by atoms with van der Waals surface area (Å²) >= 11 is 0. The van der Waals surface area contributed by atoms with Gasteiger partial charge in [0, 0.05) is 0 Å². The number of hydrogen-bond donors (Lipinski definition) is 1. The minimum absolute atomic E-state index is 0.350. The summed E-state index contributed by atoms with van der Waals surface area (Å²) in [5.41, 5.74) is -0.450. The molecule has 0 radical (unpaired) electrons. The fourth-order valence-corrected chi connectivity index (χ4v) is 2.64. The molecular weight excluding hydrogens is 174 g/mol. The van der Waals surface area contributed by atoms with Crippen molar-refractivity contribution in [3.63, 3.8) is 0 Å². The molecule has 0 aromatic heterocycles. The second-order valence-electron chi connectivity index (χ2n) is 4.60. The molecule has 0 heterocycles. The first-order valence-electron chi connectivity index (χ1n) is 5.76. The van der Waals surface area contributed by atoms with Gasteiger partial charge in [-0.2, -0.15) is 5.26 Å². The summed E-state index contributed by atoms with van der Waals surface area (Å²) in [5, 5.41) is 19.4. The highest BCUT2D eigenvalue weighted by Gasteiger charge is 2.43. The Balaban J connectivity index is 2.78. The van der Waals surface area contributed by atoms with Gasteiger partial charge in [0.25, 0.3) is 0 Å². The van der Waals surface area contributed by atoms with E-state index >= 15 is 0 Å². The van der Waals surface area contributed by atoms with Crippen LogP contribution in [0.1, 0.15) is 52.4 Å². The van der Waals surface area contributed by atoms with Crippen molar-refractivity contribution < 1.29 is 5.11 Å². The van der Waals surface area contributed by atoms with Gasteiger partial charge in [-0.15, -0.1) is 0 Å². The zero-order valence-corrected chi connectivity index (χ0v) is 9.29. The molecule has 0 spiro atoms. The maximum absolute atomic E-state index is 10.1. The van der Waals surface area contributed by atoms with E-state index in [0.717, 1.165) is 32.1 Å². The summed E-state index contributed by atoms with van der Waals surface area (Å²) in [5.74, 6) is 0.350. The number of aliphatic hydroxyl groups excluding tert-OH is 1. The van der Waals surface area contributed by atoms with Crippen LogP contribution in [0.5, 0.6) is 0 Å². The second kappa shape index (κ2) is 4.79. The molecule has 0 aromatic rings. The van der Waals surface area contributed by atoms with Crippen LogP contribution in [0.2, 0.25) is 0 Å². The van der Waals surface area contributed by atoms with Gasteiger partial charge in [0.1, 0.15) is 0 Å². The number of rotatable bonds is 3. The van der Waals surface area contributed by atoms with E-state index in [9.17, 15) is 10.4 Å². The quantitative estimate of drug-likeness (QED) is 0.752. The minimum Gasteiger partial charge on any atom is -0.391 e. The Morgan fingerprint density at radius 3 is 2.79 bits per heavy atom. The van der Waals surface area contributed by atoms with Crippen molar-refractivity contribution in [3.8, 4) is 6.07 Å². The first-order chi connectivity index (χ1) is 6.67. The molecule has 2 heteroatoms. The second-order valence-corrected chi connectivity index (χ2v) is 4.60. The molecule has 0 saturated heterocycles. The van der Waals surface area contributed by atoms with Gasteiger partial charge in [-0.05, 0) is 25.2 Å². The molecule has 0 amide bonds. The highest BCUT2D eigenvalue weighted by atomic mass is 16.3. The van der Waals surface area contributed by atoms with E-state index in [4.69, 9.17) is 0 Å². The first kappa shape index (κ1) is 11.5. The van der Waals surface area contributed by atoms with Crippen LogP contribution in [0.3, 0.4) is 0 Å². The van der Waals surface area contributed by atoms with Crippen molar-refractivity contribution in [2.75, 3.05) is 0 Å². The van der Waals surface area contributed by atoms with Crippen LogP contribution in [-0.4, -0.2) is 11.2 Å². The molecule has 3 atom stereocenters. The molecule has 1 rings (SSSR count). The van der Waals surface area contributed by atoms with Gasteiger partial charge in [-0.1, -0.05) is 33.1 Å². The molecule has 2 nitrogen and oxygen atoms in total. The molecule has 1 aliphatic rings. The number of nitriles is 1. The Bertz CT molecular complexity index is 221. The molecule has 1 aliphatic carbocycles. The van der Waals surface area contributed by atoms with Crippen LogP contribution < -0.4 is 0 Å². The fraction of sp³-hybridized carbons (Fsp3) is 0.917. The Morgan fingerprint density at radius 1 is 1.57 bits per heavy atom. The third kappa shape index (κ3) is 1.93. The molecule has 1 saturated carbocycles. The van der Waals surface area contributed by atoms with Crippen LogP contribution in [0, 0.1) is 22.7 Å². The van der Waals surface area contributed by atoms with Crippen LogP contribution in [0.4, 0.5) is 0 Å². The van der Waals surface area contributed by atoms with E-state index in [-0.39, 0.29) is 0 Å². The van der Waals surface area contributed by atoms with Crippen molar-refractivity contribution in [1.82, 2.24) is 0 Å². The fourth-order valence-electron chi connectivity index (χ4n) is 2.64. The Kier molecular flexibility index (Phi) is 3.95. The van der Waals surface area contributed by atoms with E-state index in [2.05, 4.69) is 19.9 Å². The maximum Gasteiger partial charge on any atom is 0.0857 e. The van der Waals surface area contributed by atoms with E-state index in [1.54, 1.807) is 0 Å². The average Bonchev–Trinajstić information content (AvgIpc) is 2.19. The van der Waals surface area contributed by atoms with E-state index in [0.29, 0.717) is 5.92 Å². The lowest BCUT2D eigenvalue weighted by Crippen LogP contribution is -2.41. The number of hydrogen-bond acceptors (Lipinski definition) is 2. The predicted octanol–water partition coefficient (Wildman–Crippen LogP) is 2.87. The third-order valence-corrected chi connectivity index (χ3v) is 3.72. The van der Waals surface area contributed by atoms with Gasteiger partial charge in [0.15, 0.2) is 0 Å². The smallest absolute Gasteiger partial charge is 0.0857 e. The topological polar surface area (TPSA) is 44.0 Å². The number of nitrogens with zero attached hydrogens (tertiary/aromatic N) is 1. The van der Waals surface area contributed by atoms with Gasteiger partial charge in [0.05, 0.1) is 17.6 Å². The lowest BCUT2D eigenvalue weighted by atomic mass is 9.64. The van der Waals surface area contributed by atoms with Crippen LogP contribution in [-0.2, 0) is 0 Å². The average molecular weight is 195 g/mol. The normalized spacial score (nSPS) is 34.9. The van der Waals surface area contributed by atoms with Gasteiger partial charge < -0.3 is 5.11 Å². The van der Waals surface area contributed by atoms with Gasteiger partial charge >= 0.3 is 0 Å². The molecule has 3 unspecified atom stereocenters. The molecule has 1 fully saturated rings. The van der Waals surface area contributed by atoms with Crippen LogP contribution in [0.25, 0.3) is 0 Å². The Labute approximate surface area is 86.9 Å². The number of aliphatic hydroxyl groups is 1. The maximum atomic E-state index is 10.1. The van der Waals surface area contributed by atoms with Crippen LogP contribution >= 0.6 is 0 Å². The molecule has 0 bridgehead atoms. The van der Waals surface area contributed by atoms with Crippen molar-refractivity contribution in [3.05, 3.63) is 0 Å². The zero-order valence-electron chi connectivity index (χ0n) is 9.29. The summed E-state index contributed by atoms with van der Waals surface area (Å²) in [6.45, 7) is 4.17. The molecule has 0 aliphatic heterocycles. The van der Waals surface area contributed by atoms with E-state index in [1.807, 2.05) is 0 Å². The monoisotopic (exact) mass is 195 g/mol. The summed E-state index contributed by atoms with van der Waals surface area (Å²) in [4.78, 5) is 0. The Morgan fingerprint density at radius 2 is 2.29 bits per heavy atom. The van der Waals surface area contributed by atoms with Crippen LogP contribution in [0.15, 0.2) is 0 Å². The lowest BCUT2D eigenvalue weighted by Gasteiger charge is -2.40. The van der Waals surface area contributed by atoms with Gasteiger partial charge in [-0.25, -0.2) is 0 Å². The molecule has 80 valence electrons. The van der Waals surface area contributed by atoms with E-state index < -0.39 is 11.5 Å². The molecule has 1 N–H and O–H groups in total. The van der Waals surface area contributed by atoms with E-state index in [1.165, 1.54) is 6.42 Å². The highest BCUT2D eigenvalue weighted by Crippen LogP contribution is 2.44. The first-order valence-corrected chi connectivity index (χ1v) is 5.76. The Hall–Kier alpha value is -0.550. The lowest BCUT2D eigenvalue weighted by molar-refractivity contribution is -0.00395. The van der Waals surface area contributed by atoms with Gasteiger partial charge in [-0.3, -0.25) is 0 Å². The summed E-state index contributed by atoms with van der Waals surface area (Å²) < 4.78 is 0. The molecule has 0 aromatic carbocycles. The summed E-state index contributed by atoms with van der Waals surface area (Å²) in [6, 6.07) is 2.40. The summed E-state index contributed by atoms with van der Waals surface area (Å²) in [6.07, 6.45) is 5.57. The summed E-state index contributed by atoms with van der Waals surface area (Å²) in [7, 11) is 0.